The number of nitrogens with two attached hydrogens (primary N) is 2. The molecule has 0 unspecified atom stereocenters. The molecule has 2 aromatic carbocycles. The Kier molecular flexibility index (Phi) is 5.38. The topological polar surface area (TPSA) is 52.0 Å². The summed E-state index contributed by atoms with van der Waals surface area (Å²) in [5.74, 6) is 0. The van der Waals surface area contributed by atoms with Crippen LogP contribution in [0.25, 0.3) is 0 Å². The van der Waals surface area contributed by atoms with E-state index in [1.54, 1.807) is 0 Å². The van der Waals surface area contributed by atoms with Gasteiger partial charge in [-0.2, -0.15) is 0 Å². The molecule has 118 valence electrons. The van der Waals surface area contributed by atoms with E-state index in [0.29, 0.717) is 0 Å². The molecule has 2 nitrogen and oxygen atoms in total. The molecule has 0 radical (unpaired) electrons. The Bertz CT molecular complexity index is 548. The predicted octanol–water partition coefficient (Wildman–Crippen LogP) is 4.40. The molecule has 0 aliphatic rings. The molecular weight excluding hydrogens is 268 g/mol. The summed E-state index contributed by atoms with van der Waals surface area (Å²) < 4.78 is 0. The summed E-state index contributed by atoms with van der Waals surface area (Å²) >= 11 is 0. The summed E-state index contributed by atoms with van der Waals surface area (Å²) in [7, 11) is 0. The highest BCUT2D eigenvalue weighted by Gasteiger charge is 2.12. The first-order chi connectivity index (χ1) is 10.3. The fourth-order valence-electron chi connectivity index (χ4n) is 3.14. The third kappa shape index (κ3) is 4.43. The summed E-state index contributed by atoms with van der Waals surface area (Å²) in [6, 6.07) is 13.2. The van der Waals surface area contributed by atoms with Crippen molar-refractivity contribution >= 4 is 0 Å². The molecule has 2 heteroatoms. The van der Waals surface area contributed by atoms with Crippen molar-refractivity contribution in [3.05, 3.63) is 69.8 Å². The molecule has 0 spiro atoms. The molecule has 0 amide bonds. The lowest BCUT2D eigenvalue weighted by Crippen LogP contribution is -2.16. The first kappa shape index (κ1) is 16.7. The number of aryl methyl sites for hydroxylation is 4. The second kappa shape index (κ2) is 7.08. The highest BCUT2D eigenvalue weighted by atomic mass is 14.7. The van der Waals surface area contributed by atoms with Crippen LogP contribution in [0.15, 0.2) is 36.4 Å². The highest BCUT2D eigenvalue weighted by Crippen LogP contribution is 2.24. The SMILES string of the molecule is Cc1cc(C)cc([C@H](N)CC[C@@H](N)c2cc(C)cc(C)c2)c1. The van der Waals surface area contributed by atoms with Crippen molar-refractivity contribution in [2.24, 2.45) is 11.5 Å². The van der Waals surface area contributed by atoms with Crippen LogP contribution in [0.3, 0.4) is 0 Å². The van der Waals surface area contributed by atoms with Gasteiger partial charge in [-0.3, -0.25) is 0 Å². The van der Waals surface area contributed by atoms with E-state index in [2.05, 4.69) is 64.1 Å². The number of rotatable bonds is 5. The van der Waals surface area contributed by atoms with Crippen LogP contribution < -0.4 is 11.5 Å². The lowest BCUT2D eigenvalue weighted by molar-refractivity contribution is 0.545. The van der Waals surface area contributed by atoms with Gasteiger partial charge in [0.05, 0.1) is 0 Å². The minimum atomic E-state index is 0.0514. The second-order valence-corrected chi connectivity index (χ2v) is 6.63. The van der Waals surface area contributed by atoms with Gasteiger partial charge in [0.15, 0.2) is 0 Å². The average molecular weight is 296 g/mol. The predicted molar refractivity (Wildman–Crippen MR) is 94.9 cm³/mol. The molecule has 0 saturated heterocycles. The van der Waals surface area contributed by atoms with Gasteiger partial charge in [0.1, 0.15) is 0 Å². The molecule has 0 heterocycles. The molecule has 2 atom stereocenters. The van der Waals surface area contributed by atoms with Crippen molar-refractivity contribution in [1.82, 2.24) is 0 Å². The molecule has 0 aromatic heterocycles. The summed E-state index contributed by atoms with van der Waals surface area (Å²) in [6.45, 7) is 8.46. The van der Waals surface area contributed by atoms with Crippen LogP contribution in [-0.4, -0.2) is 0 Å². The molecule has 0 aliphatic heterocycles. The third-order valence-corrected chi connectivity index (χ3v) is 4.13. The van der Waals surface area contributed by atoms with Crippen LogP contribution in [-0.2, 0) is 0 Å². The first-order valence-electron chi connectivity index (χ1n) is 8.02. The molecule has 0 fully saturated rings. The smallest absolute Gasteiger partial charge is 0.0295 e. The summed E-state index contributed by atoms with van der Waals surface area (Å²) in [5, 5.41) is 0. The fraction of sp³-hybridized carbons (Fsp3) is 0.400. The summed E-state index contributed by atoms with van der Waals surface area (Å²) in [5.41, 5.74) is 20.2. The normalized spacial score (nSPS) is 13.9. The van der Waals surface area contributed by atoms with Crippen LogP contribution in [0.4, 0.5) is 0 Å². The maximum atomic E-state index is 6.36. The Hall–Kier alpha value is -1.64. The van der Waals surface area contributed by atoms with Gasteiger partial charge < -0.3 is 11.5 Å². The van der Waals surface area contributed by atoms with Crippen molar-refractivity contribution in [3.8, 4) is 0 Å². The Balaban J connectivity index is 2.02. The van der Waals surface area contributed by atoms with Crippen LogP contribution >= 0.6 is 0 Å². The standard InChI is InChI=1S/C20H28N2/c1-13-7-14(2)10-17(9-13)19(21)5-6-20(22)18-11-15(3)8-16(4)12-18/h7-12,19-20H,5-6,21-22H2,1-4H3/t19-,20-/m1/s1. The van der Waals surface area contributed by atoms with Gasteiger partial charge in [0, 0.05) is 12.1 Å². The van der Waals surface area contributed by atoms with Gasteiger partial charge in [-0.1, -0.05) is 58.7 Å². The van der Waals surface area contributed by atoms with E-state index in [9.17, 15) is 0 Å². The van der Waals surface area contributed by atoms with E-state index in [-0.39, 0.29) is 12.1 Å². The zero-order chi connectivity index (χ0) is 16.3. The lowest BCUT2D eigenvalue weighted by Gasteiger charge is -2.18. The Morgan fingerprint density at radius 2 is 0.864 bits per heavy atom. The maximum Gasteiger partial charge on any atom is 0.0295 e. The fourth-order valence-corrected chi connectivity index (χ4v) is 3.14. The minimum Gasteiger partial charge on any atom is -0.324 e. The van der Waals surface area contributed by atoms with E-state index >= 15 is 0 Å². The molecule has 2 aromatic rings. The molecule has 22 heavy (non-hydrogen) atoms. The van der Waals surface area contributed by atoms with E-state index < -0.39 is 0 Å². The van der Waals surface area contributed by atoms with E-state index in [1.807, 2.05) is 0 Å². The third-order valence-electron chi connectivity index (χ3n) is 4.13. The largest absolute Gasteiger partial charge is 0.324 e. The molecule has 4 N–H and O–H groups in total. The molecule has 0 saturated carbocycles. The van der Waals surface area contributed by atoms with E-state index in [0.717, 1.165) is 12.8 Å². The van der Waals surface area contributed by atoms with Gasteiger partial charge in [-0.15, -0.1) is 0 Å². The molecule has 0 aliphatic carbocycles. The zero-order valence-corrected chi connectivity index (χ0v) is 14.2. The Labute approximate surface area is 134 Å². The van der Waals surface area contributed by atoms with Gasteiger partial charge in [0.2, 0.25) is 0 Å². The van der Waals surface area contributed by atoms with Crippen molar-refractivity contribution in [2.45, 2.75) is 52.6 Å². The average Bonchev–Trinajstić information content (AvgIpc) is 2.42. The highest BCUT2D eigenvalue weighted by molar-refractivity contribution is 5.32. The number of hydrogen-bond donors (Lipinski definition) is 2. The lowest BCUT2D eigenvalue weighted by atomic mass is 9.94. The number of hydrogen-bond acceptors (Lipinski definition) is 2. The molecular formula is C20H28N2. The summed E-state index contributed by atoms with van der Waals surface area (Å²) in [4.78, 5) is 0. The van der Waals surface area contributed by atoms with Gasteiger partial charge in [-0.25, -0.2) is 0 Å². The van der Waals surface area contributed by atoms with Crippen molar-refractivity contribution < 1.29 is 0 Å². The van der Waals surface area contributed by atoms with Crippen molar-refractivity contribution in [3.63, 3.8) is 0 Å². The molecule has 0 bridgehead atoms. The van der Waals surface area contributed by atoms with Gasteiger partial charge in [0.25, 0.3) is 0 Å². The quantitative estimate of drug-likeness (QED) is 0.859. The minimum absolute atomic E-state index is 0.0514. The zero-order valence-electron chi connectivity index (χ0n) is 14.2. The Morgan fingerprint density at radius 3 is 1.14 bits per heavy atom. The van der Waals surface area contributed by atoms with Crippen LogP contribution in [0, 0.1) is 27.7 Å². The monoisotopic (exact) mass is 296 g/mol. The van der Waals surface area contributed by atoms with Crippen LogP contribution in [0.1, 0.15) is 58.3 Å². The van der Waals surface area contributed by atoms with Crippen molar-refractivity contribution in [2.75, 3.05) is 0 Å². The van der Waals surface area contributed by atoms with Crippen LogP contribution in [0.2, 0.25) is 0 Å². The maximum absolute atomic E-state index is 6.36. The first-order valence-corrected chi connectivity index (χ1v) is 8.02. The van der Waals surface area contributed by atoms with E-state index in [4.69, 9.17) is 11.5 Å². The van der Waals surface area contributed by atoms with Gasteiger partial charge >= 0.3 is 0 Å². The summed E-state index contributed by atoms with van der Waals surface area (Å²) in [6.07, 6.45) is 1.80. The molecule has 2 rings (SSSR count). The van der Waals surface area contributed by atoms with Crippen molar-refractivity contribution in [1.29, 1.82) is 0 Å². The van der Waals surface area contributed by atoms with Gasteiger partial charge in [-0.05, 0) is 51.7 Å². The van der Waals surface area contributed by atoms with E-state index in [1.165, 1.54) is 33.4 Å². The Morgan fingerprint density at radius 1 is 0.591 bits per heavy atom. The second-order valence-electron chi connectivity index (χ2n) is 6.63. The van der Waals surface area contributed by atoms with Crippen LogP contribution in [0.5, 0.6) is 0 Å². The number of benzene rings is 2.